The number of unbranched alkanes of at least 4 members (excludes halogenated alkanes) is 22. The number of likely N-dealkylation sites (N-methyl/N-ethyl adjacent to an activating group) is 1. The smallest absolute Gasteiger partial charge is 0.306 e. The first-order valence-corrected chi connectivity index (χ1v) is 32.2. The van der Waals surface area contributed by atoms with Gasteiger partial charge in [0, 0.05) is 12.8 Å². The molecule has 0 aliphatic carbocycles. The molecule has 3 atom stereocenters. The molecule has 0 heterocycles. The van der Waals surface area contributed by atoms with Crippen molar-refractivity contribution in [1.29, 1.82) is 0 Å². The fourth-order valence-electron chi connectivity index (χ4n) is 8.21. The van der Waals surface area contributed by atoms with Crippen molar-refractivity contribution in [2.45, 2.75) is 258 Å². The molecule has 0 aromatic heterocycles. The minimum Gasteiger partial charge on any atom is -0.756 e. The van der Waals surface area contributed by atoms with Crippen LogP contribution in [0.2, 0.25) is 0 Å². The summed E-state index contributed by atoms with van der Waals surface area (Å²) in [6, 6.07) is -0.922. The maximum Gasteiger partial charge on any atom is 0.306 e. The van der Waals surface area contributed by atoms with Crippen molar-refractivity contribution in [1.82, 2.24) is 5.32 Å². The quantitative estimate of drug-likeness (QED) is 0.0212. The number of quaternary nitrogens is 1. The summed E-state index contributed by atoms with van der Waals surface area (Å²) in [5.41, 5.74) is 0. The second-order valence-electron chi connectivity index (χ2n) is 21.5. The Morgan fingerprint density at radius 3 is 1.32 bits per heavy atom. The van der Waals surface area contributed by atoms with E-state index in [2.05, 4.69) is 123 Å². The third kappa shape index (κ3) is 55.4. The minimum atomic E-state index is -4.72. The first-order valence-electron chi connectivity index (χ1n) is 30.7. The molecule has 10 heteroatoms. The van der Waals surface area contributed by atoms with Crippen LogP contribution in [0.3, 0.4) is 0 Å². The lowest BCUT2D eigenvalue weighted by molar-refractivity contribution is -0.870. The van der Waals surface area contributed by atoms with Gasteiger partial charge in [-0.2, -0.15) is 0 Å². The van der Waals surface area contributed by atoms with Crippen molar-refractivity contribution < 1.29 is 37.3 Å². The Hall–Kier alpha value is -3.33. The second-order valence-corrected chi connectivity index (χ2v) is 22.9. The molecule has 3 unspecified atom stereocenters. The van der Waals surface area contributed by atoms with Crippen molar-refractivity contribution in [3.8, 4) is 0 Å². The molecular formula is C66H115N2O7P. The Bertz CT molecular complexity index is 1670. The van der Waals surface area contributed by atoms with Crippen LogP contribution in [-0.2, 0) is 27.9 Å². The van der Waals surface area contributed by atoms with Gasteiger partial charge in [-0.1, -0.05) is 233 Å². The van der Waals surface area contributed by atoms with Crippen LogP contribution >= 0.6 is 7.82 Å². The molecule has 0 aromatic carbocycles. The Labute approximate surface area is 468 Å². The van der Waals surface area contributed by atoms with E-state index >= 15 is 0 Å². The number of rotatable bonds is 54. The molecule has 0 aliphatic rings. The SMILES string of the molecule is CC/C=C\C/C=C\C/C=C\C/C=C\C/C=C\CCCC(=O)OC(/C=C\CCCCCCCCCCCC)C(COP(=O)([O-])OCC[N+](C)(C)C)NC(=O)CCCCCCCCCC/C=C\C/C=C\C/C=C\CCCCC. The molecule has 0 aromatic rings. The zero-order valence-electron chi connectivity index (χ0n) is 49.7. The fraction of sp³-hybridized carbons (Fsp3) is 0.697. The van der Waals surface area contributed by atoms with Gasteiger partial charge in [0.1, 0.15) is 19.3 Å². The predicted molar refractivity (Wildman–Crippen MR) is 325 cm³/mol. The second kappa shape index (κ2) is 55.0. The molecule has 76 heavy (non-hydrogen) atoms. The van der Waals surface area contributed by atoms with E-state index in [4.69, 9.17) is 13.8 Å². The van der Waals surface area contributed by atoms with Gasteiger partial charge in [-0.25, -0.2) is 0 Å². The molecule has 1 amide bonds. The number of allylic oxidation sites excluding steroid dienone is 17. The lowest BCUT2D eigenvalue weighted by atomic mass is 10.0. The van der Waals surface area contributed by atoms with E-state index < -0.39 is 32.5 Å². The third-order valence-corrected chi connectivity index (χ3v) is 13.9. The van der Waals surface area contributed by atoms with Crippen molar-refractivity contribution in [3.05, 3.63) is 109 Å². The molecule has 0 spiro atoms. The Kier molecular flexibility index (Phi) is 52.6. The number of carbonyl (C=O) groups excluding carboxylic acids is 2. The number of nitrogens with zero attached hydrogens (tertiary/aromatic N) is 1. The maximum absolute atomic E-state index is 13.5. The number of phosphoric ester groups is 1. The number of amides is 1. The van der Waals surface area contributed by atoms with Gasteiger partial charge in [-0.15, -0.1) is 0 Å². The highest BCUT2D eigenvalue weighted by Gasteiger charge is 2.27. The molecule has 0 saturated heterocycles. The van der Waals surface area contributed by atoms with E-state index in [1.807, 2.05) is 33.3 Å². The average molecular weight is 1080 g/mol. The standard InChI is InChI=1S/C66H115N2O7P/c1-7-10-13-16-19-22-25-28-30-32-33-34-35-37-38-40-43-46-49-52-55-58-65(69)67-63(62-74-76(71,72)73-61-60-68(4,5)6)64(57-54-51-48-45-42-27-24-21-18-15-12-9-3)75-66(70)59-56-53-50-47-44-41-39-36-31-29-26-23-20-17-14-11-8-2/h11,14,19-20,22-23,28-31,33-34,39,41,47,50,54,57,63-64H,7-10,12-13,15-18,21,24-27,32,35-38,40,42-46,48-49,51-53,55-56,58-62H2,1-6H3,(H-,67,69,71,72)/b14-11-,22-19-,23-20-,30-28-,31-29-,34-33-,41-39-,50-47-,57-54-. The summed E-state index contributed by atoms with van der Waals surface area (Å²) in [5, 5.41) is 3.01. The number of phosphoric acid groups is 1. The van der Waals surface area contributed by atoms with Gasteiger partial charge in [-0.05, 0) is 109 Å². The summed E-state index contributed by atoms with van der Waals surface area (Å²) >= 11 is 0. The predicted octanol–water partition coefficient (Wildman–Crippen LogP) is 18.3. The molecule has 9 nitrogen and oxygen atoms in total. The highest BCUT2D eigenvalue weighted by molar-refractivity contribution is 7.45. The number of hydrogen-bond acceptors (Lipinski definition) is 7. The summed E-state index contributed by atoms with van der Waals surface area (Å²) in [4.78, 5) is 39.9. The van der Waals surface area contributed by atoms with Gasteiger partial charge in [0.15, 0.2) is 0 Å². The summed E-state index contributed by atoms with van der Waals surface area (Å²) in [7, 11) is 1.13. The van der Waals surface area contributed by atoms with Crippen LogP contribution < -0.4 is 10.2 Å². The number of hydrogen-bond donors (Lipinski definition) is 1. The number of carbonyl (C=O) groups is 2. The lowest BCUT2D eigenvalue weighted by Gasteiger charge is -2.30. The Morgan fingerprint density at radius 2 is 0.855 bits per heavy atom. The van der Waals surface area contributed by atoms with Crippen molar-refractivity contribution in [2.24, 2.45) is 0 Å². The molecule has 436 valence electrons. The largest absolute Gasteiger partial charge is 0.756 e. The average Bonchev–Trinajstić information content (AvgIpc) is 3.38. The van der Waals surface area contributed by atoms with Gasteiger partial charge >= 0.3 is 5.97 Å². The van der Waals surface area contributed by atoms with Crippen LogP contribution in [0.15, 0.2) is 109 Å². The van der Waals surface area contributed by atoms with Crippen molar-refractivity contribution >= 4 is 19.7 Å². The van der Waals surface area contributed by atoms with Crippen LogP contribution in [0.4, 0.5) is 0 Å². The van der Waals surface area contributed by atoms with E-state index in [1.54, 1.807) is 0 Å². The number of nitrogens with one attached hydrogen (secondary N) is 1. The zero-order valence-corrected chi connectivity index (χ0v) is 50.6. The van der Waals surface area contributed by atoms with Crippen molar-refractivity contribution in [2.75, 3.05) is 40.9 Å². The molecule has 0 rings (SSSR count). The van der Waals surface area contributed by atoms with E-state index in [9.17, 15) is 19.0 Å². The number of esters is 1. The van der Waals surface area contributed by atoms with Crippen LogP contribution in [0.25, 0.3) is 0 Å². The van der Waals surface area contributed by atoms with E-state index in [-0.39, 0.29) is 18.9 Å². The summed E-state index contributed by atoms with van der Waals surface area (Å²) in [6.07, 6.45) is 74.9. The van der Waals surface area contributed by atoms with E-state index in [0.717, 1.165) is 103 Å². The summed E-state index contributed by atoms with van der Waals surface area (Å²) in [5.74, 6) is -0.623. The lowest BCUT2D eigenvalue weighted by Crippen LogP contribution is -2.47. The minimum absolute atomic E-state index is 0.0381. The normalized spacial score (nSPS) is 14.5. The Balaban J connectivity index is 5.36. The monoisotopic (exact) mass is 1080 g/mol. The van der Waals surface area contributed by atoms with Gasteiger partial charge in [0.05, 0.1) is 33.8 Å². The maximum atomic E-state index is 13.5. The van der Waals surface area contributed by atoms with Crippen molar-refractivity contribution in [3.63, 3.8) is 0 Å². The van der Waals surface area contributed by atoms with E-state index in [1.165, 1.54) is 103 Å². The van der Waals surface area contributed by atoms with Gasteiger partial charge < -0.3 is 28.5 Å². The van der Waals surface area contributed by atoms with Crippen LogP contribution in [0, 0.1) is 0 Å². The molecule has 0 fully saturated rings. The van der Waals surface area contributed by atoms with Crippen LogP contribution in [0.1, 0.15) is 245 Å². The third-order valence-electron chi connectivity index (χ3n) is 12.9. The van der Waals surface area contributed by atoms with Gasteiger partial charge in [0.2, 0.25) is 5.91 Å². The summed E-state index contributed by atoms with van der Waals surface area (Å²) < 4.78 is 30.2. The van der Waals surface area contributed by atoms with Gasteiger partial charge in [-0.3, -0.25) is 14.2 Å². The van der Waals surface area contributed by atoms with Crippen LogP contribution in [0.5, 0.6) is 0 Å². The molecule has 0 radical (unpaired) electrons. The Morgan fingerprint density at radius 1 is 0.474 bits per heavy atom. The van der Waals surface area contributed by atoms with E-state index in [0.29, 0.717) is 23.9 Å². The van der Waals surface area contributed by atoms with Crippen LogP contribution in [-0.4, -0.2) is 69.4 Å². The molecule has 0 aliphatic heterocycles. The highest BCUT2D eigenvalue weighted by Crippen LogP contribution is 2.38. The topological polar surface area (TPSA) is 114 Å². The molecule has 0 saturated carbocycles. The number of ether oxygens (including phenoxy) is 1. The van der Waals surface area contributed by atoms with Gasteiger partial charge in [0.25, 0.3) is 7.82 Å². The highest BCUT2D eigenvalue weighted by atomic mass is 31.2. The molecule has 0 bridgehead atoms. The first kappa shape index (κ1) is 72.7. The summed E-state index contributed by atoms with van der Waals surface area (Å²) in [6.45, 7) is 6.64. The zero-order chi connectivity index (χ0) is 55.7. The fourth-order valence-corrected chi connectivity index (χ4v) is 8.93. The first-order chi connectivity index (χ1) is 36.9. The molecule has 1 N–H and O–H groups in total. The molecular weight excluding hydrogens is 964 g/mol.